The van der Waals surface area contributed by atoms with Crippen LogP contribution in [0.3, 0.4) is 0 Å². The summed E-state index contributed by atoms with van der Waals surface area (Å²) in [7, 11) is 0. The van der Waals surface area contributed by atoms with Gasteiger partial charge < -0.3 is 9.47 Å². The quantitative estimate of drug-likeness (QED) is 0.0596. The van der Waals surface area contributed by atoms with Gasteiger partial charge >= 0.3 is 11.9 Å². The molecular formula is C34H58O4S. The molecule has 0 saturated carbocycles. The van der Waals surface area contributed by atoms with Crippen LogP contribution in [0.1, 0.15) is 168 Å². The van der Waals surface area contributed by atoms with Gasteiger partial charge in [-0.1, -0.05) is 155 Å². The highest BCUT2D eigenvalue weighted by atomic mass is 32.2. The highest BCUT2D eigenvalue weighted by molar-refractivity contribution is 8.08. The Morgan fingerprint density at radius 1 is 0.436 bits per heavy atom. The van der Waals surface area contributed by atoms with E-state index in [0.717, 1.165) is 37.4 Å². The Kier molecular flexibility index (Phi) is 31.3. The fraction of sp³-hybridized carbons (Fsp3) is 0.824. The third kappa shape index (κ3) is 32.5. The summed E-state index contributed by atoms with van der Waals surface area (Å²) in [5.74, 6) is 3.71. The first-order chi connectivity index (χ1) is 19.2. The molecule has 0 saturated heterocycles. The first-order valence-corrected chi connectivity index (χ1v) is 17.0. The van der Waals surface area contributed by atoms with Crippen molar-refractivity contribution in [2.75, 3.05) is 13.2 Å². The summed E-state index contributed by atoms with van der Waals surface area (Å²) in [6.07, 6.45) is 30.6. The van der Waals surface area contributed by atoms with Gasteiger partial charge in [-0.05, 0) is 23.3 Å². The highest BCUT2D eigenvalue weighted by Gasteiger charge is 1.99. The van der Waals surface area contributed by atoms with Gasteiger partial charge in [-0.2, -0.15) is 0 Å². The maximum atomic E-state index is 11.6. The van der Waals surface area contributed by atoms with Crippen molar-refractivity contribution in [2.45, 2.75) is 168 Å². The third-order valence-electron chi connectivity index (χ3n) is 6.87. The minimum atomic E-state index is -0.540. The van der Waals surface area contributed by atoms with Gasteiger partial charge in [0, 0.05) is 23.6 Å². The van der Waals surface area contributed by atoms with E-state index >= 15 is 0 Å². The van der Waals surface area contributed by atoms with Crippen molar-refractivity contribution in [3.05, 3.63) is 0 Å². The van der Waals surface area contributed by atoms with E-state index in [1.807, 2.05) is 0 Å². The van der Waals surface area contributed by atoms with Gasteiger partial charge in [0.2, 0.25) is 0 Å². The normalized spacial score (nSPS) is 10.3. The number of unbranched alkanes of at least 4 members (excludes halogenated alkanes) is 22. The van der Waals surface area contributed by atoms with E-state index in [0.29, 0.717) is 13.2 Å². The molecule has 224 valence electrons. The molecular weight excluding hydrogens is 504 g/mol. The SMILES string of the molecule is CCCCCCCCCCCCCCOC(=O)C#CSC#CC(=O)OCCCCCCCCCCCCCC. The molecule has 0 radical (unpaired) electrons. The molecule has 0 aromatic rings. The summed E-state index contributed by atoms with van der Waals surface area (Å²) in [6, 6.07) is 0. The zero-order chi connectivity index (χ0) is 28.5. The van der Waals surface area contributed by atoms with E-state index in [1.54, 1.807) is 0 Å². The highest BCUT2D eigenvalue weighted by Crippen LogP contribution is 2.13. The molecule has 0 heterocycles. The van der Waals surface area contributed by atoms with Crippen molar-refractivity contribution < 1.29 is 19.1 Å². The smallest absolute Gasteiger partial charge is 0.385 e. The van der Waals surface area contributed by atoms with Crippen molar-refractivity contribution in [1.82, 2.24) is 0 Å². The lowest BCUT2D eigenvalue weighted by molar-refractivity contribution is -0.137. The lowest BCUT2D eigenvalue weighted by Crippen LogP contribution is -2.02. The van der Waals surface area contributed by atoms with Crippen LogP contribution in [-0.4, -0.2) is 25.2 Å². The molecule has 0 fully saturated rings. The standard InChI is InChI=1S/C34H58O4S/c1-3-5-7-9-11-13-15-17-19-21-23-25-29-37-33(35)27-31-39-32-28-34(36)38-30-26-24-22-20-18-16-14-12-10-8-6-4-2/h3-26,29-30H2,1-2H3. The molecule has 0 aliphatic rings. The van der Waals surface area contributed by atoms with Crippen molar-refractivity contribution >= 4 is 23.7 Å². The number of hydrogen-bond acceptors (Lipinski definition) is 5. The van der Waals surface area contributed by atoms with Gasteiger partial charge in [-0.25, -0.2) is 9.59 Å². The maximum Gasteiger partial charge on any atom is 0.385 e. The largest absolute Gasteiger partial charge is 0.456 e. The predicted octanol–water partition coefficient (Wildman–Crippen LogP) is 10.1. The van der Waals surface area contributed by atoms with E-state index in [2.05, 4.69) is 36.2 Å². The molecule has 0 aliphatic heterocycles. The Morgan fingerprint density at radius 3 is 0.974 bits per heavy atom. The molecule has 0 N–H and O–H groups in total. The molecule has 0 bridgehead atoms. The average Bonchev–Trinajstić information content (AvgIpc) is 2.93. The first kappa shape index (κ1) is 37.4. The predicted molar refractivity (Wildman–Crippen MR) is 167 cm³/mol. The summed E-state index contributed by atoms with van der Waals surface area (Å²) in [5, 5.41) is 5.13. The molecule has 0 unspecified atom stereocenters. The fourth-order valence-electron chi connectivity index (χ4n) is 4.45. The number of rotatable bonds is 26. The van der Waals surface area contributed by atoms with Crippen LogP contribution in [0, 0.1) is 22.3 Å². The van der Waals surface area contributed by atoms with Crippen LogP contribution in [0.25, 0.3) is 0 Å². The minimum Gasteiger partial charge on any atom is -0.456 e. The summed E-state index contributed by atoms with van der Waals surface area (Å²) in [5.41, 5.74) is 0. The van der Waals surface area contributed by atoms with Crippen LogP contribution in [0.15, 0.2) is 0 Å². The summed E-state index contributed by atoms with van der Waals surface area (Å²) in [4.78, 5) is 23.3. The summed E-state index contributed by atoms with van der Waals surface area (Å²) in [6.45, 7) is 5.33. The monoisotopic (exact) mass is 562 g/mol. The topological polar surface area (TPSA) is 52.6 Å². The van der Waals surface area contributed by atoms with Crippen molar-refractivity contribution in [1.29, 1.82) is 0 Å². The van der Waals surface area contributed by atoms with Gasteiger partial charge in [0.25, 0.3) is 0 Å². The van der Waals surface area contributed by atoms with E-state index in [1.165, 1.54) is 128 Å². The number of ether oxygens (including phenoxy) is 2. The Bertz CT molecular complexity index is 625. The summed E-state index contributed by atoms with van der Waals surface area (Å²) < 4.78 is 10.3. The van der Waals surface area contributed by atoms with Crippen molar-refractivity contribution in [3.8, 4) is 22.3 Å². The second-order valence-corrected chi connectivity index (χ2v) is 11.2. The van der Waals surface area contributed by atoms with Gasteiger partial charge in [-0.3, -0.25) is 0 Å². The maximum absolute atomic E-state index is 11.6. The zero-order valence-corrected chi connectivity index (χ0v) is 26.2. The van der Waals surface area contributed by atoms with Crippen LogP contribution in [0.2, 0.25) is 0 Å². The Hall–Kier alpha value is -1.59. The Balaban J connectivity index is 3.47. The Labute approximate surface area is 245 Å². The zero-order valence-electron chi connectivity index (χ0n) is 25.4. The van der Waals surface area contributed by atoms with E-state index in [9.17, 15) is 9.59 Å². The van der Waals surface area contributed by atoms with Crippen molar-refractivity contribution in [3.63, 3.8) is 0 Å². The molecule has 0 spiro atoms. The molecule has 4 nitrogen and oxygen atoms in total. The third-order valence-corrected chi connectivity index (χ3v) is 7.28. The second kappa shape index (κ2) is 32.6. The molecule has 0 atom stereocenters. The fourth-order valence-corrected chi connectivity index (χ4v) is 4.77. The van der Waals surface area contributed by atoms with Crippen LogP contribution in [0.5, 0.6) is 0 Å². The van der Waals surface area contributed by atoms with Gasteiger partial charge in [0.15, 0.2) is 0 Å². The first-order valence-electron chi connectivity index (χ1n) is 16.2. The second-order valence-electron chi connectivity index (χ2n) is 10.6. The molecule has 0 rings (SSSR count). The minimum absolute atomic E-state index is 0.409. The number of carbonyl (C=O) groups is 2. The van der Waals surface area contributed by atoms with Gasteiger partial charge in [0.1, 0.15) is 0 Å². The van der Waals surface area contributed by atoms with Crippen LogP contribution in [0.4, 0.5) is 0 Å². The van der Waals surface area contributed by atoms with Crippen LogP contribution in [-0.2, 0) is 19.1 Å². The lowest BCUT2D eigenvalue weighted by Gasteiger charge is -2.03. The van der Waals surface area contributed by atoms with Crippen LogP contribution >= 0.6 is 11.8 Å². The van der Waals surface area contributed by atoms with Crippen molar-refractivity contribution in [2.24, 2.45) is 0 Å². The van der Waals surface area contributed by atoms with Gasteiger partial charge in [0.05, 0.1) is 13.2 Å². The molecule has 0 aromatic carbocycles. The number of thioether (sulfide) groups is 1. The Morgan fingerprint density at radius 2 is 0.692 bits per heavy atom. The van der Waals surface area contributed by atoms with E-state index in [-0.39, 0.29) is 0 Å². The van der Waals surface area contributed by atoms with E-state index < -0.39 is 11.9 Å². The average molecular weight is 563 g/mol. The molecule has 0 aromatic heterocycles. The van der Waals surface area contributed by atoms with Gasteiger partial charge in [-0.15, -0.1) is 0 Å². The molecule has 0 amide bonds. The molecule has 5 heteroatoms. The number of carbonyl (C=O) groups excluding carboxylic acids is 2. The molecule has 39 heavy (non-hydrogen) atoms. The van der Waals surface area contributed by atoms with Crippen LogP contribution < -0.4 is 0 Å². The van der Waals surface area contributed by atoms with E-state index in [4.69, 9.17) is 9.47 Å². The lowest BCUT2D eigenvalue weighted by atomic mass is 10.1. The summed E-state index contributed by atoms with van der Waals surface area (Å²) >= 11 is 0.910. The molecule has 0 aliphatic carbocycles. The number of hydrogen-bond donors (Lipinski definition) is 0. The number of esters is 2.